The topological polar surface area (TPSA) is 59.1 Å². The minimum absolute atomic E-state index is 0.382. The van der Waals surface area contributed by atoms with Crippen LogP contribution in [0.25, 0.3) is 0 Å². The molecule has 1 aromatic carbocycles. The molecular formula is C20H32N2O4. The molecule has 0 bridgehead atoms. The smallest absolute Gasteiger partial charge is 0.410 e. The fourth-order valence-electron chi connectivity index (χ4n) is 2.19. The van der Waals surface area contributed by atoms with Gasteiger partial charge in [0.05, 0.1) is 0 Å². The highest BCUT2D eigenvalue weighted by Crippen LogP contribution is 2.17. The number of carbonyl (C=O) groups excluding carboxylic acids is 2. The number of carbonyl (C=O) groups is 2. The Hall–Kier alpha value is -2.24. The molecule has 26 heavy (non-hydrogen) atoms. The zero-order valence-corrected chi connectivity index (χ0v) is 17.3. The van der Waals surface area contributed by atoms with Gasteiger partial charge in [0, 0.05) is 27.2 Å². The molecule has 0 aliphatic carbocycles. The molecule has 0 aliphatic rings. The molecular weight excluding hydrogens is 332 g/mol. The summed E-state index contributed by atoms with van der Waals surface area (Å²) in [6.45, 7) is 11.8. The van der Waals surface area contributed by atoms with Gasteiger partial charge in [0.25, 0.3) is 0 Å². The van der Waals surface area contributed by atoms with Crippen molar-refractivity contribution in [2.75, 3.05) is 14.1 Å². The normalized spacial score (nSPS) is 11.7. The molecule has 6 heteroatoms. The highest BCUT2D eigenvalue weighted by molar-refractivity contribution is 5.68. The third-order valence-corrected chi connectivity index (χ3v) is 3.34. The van der Waals surface area contributed by atoms with Crippen molar-refractivity contribution in [1.29, 1.82) is 0 Å². The zero-order chi connectivity index (χ0) is 20.1. The van der Waals surface area contributed by atoms with E-state index in [9.17, 15) is 9.59 Å². The average Bonchev–Trinajstić information content (AvgIpc) is 2.45. The Morgan fingerprint density at radius 2 is 1.08 bits per heavy atom. The number of benzene rings is 1. The van der Waals surface area contributed by atoms with Crippen LogP contribution in [-0.4, -0.2) is 47.3 Å². The first-order valence-electron chi connectivity index (χ1n) is 8.73. The summed E-state index contributed by atoms with van der Waals surface area (Å²) in [4.78, 5) is 27.4. The molecule has 6 nitrogen and oxygen atoms in total. The number of hydrogen-bond donors (Lipinski definition) is 0. The average molecular weight is 364 g/mol. The summed E-state index contributed by atoms with van der Waals surface area (Å²) < 4.78 is 10.8. The van der Waals surface area contributed by atoms with Crippen LogP contribution in [0.1, 0.15) is 52.7 Å². The predicted molar refractivity (Wildman–Crippen MR) is 102 cm³/mol. The highest BCUT2D eigenvalue weighted by Gasteiger charge is 2.22. The summed E-state index contributed by atoms with van der Waals surface area (Å²) >= 11 is 0. The minimum Gasteiger partial charge on any atom is -0.444 e. The summed E-state index contributed by atoms with van der Waals surface area (Å²) in [5.74, 6) is 0. The van der Waals surface area contributed by atoms with Gasteiger partial charge in [-0.3, -0.25) is 0 Å². The molecule has 0 spiro atoms. The van der Waals surface area contributed by atoms with Gasteiger partial charge in [0.1, 0.15) is 11.2 Å². The van der Waals surface area contributed by atoms with E-state index in [-0.39, 0.29) is 12.2 Å². The van der Waals surface area contributed by atoms with Crippen molar-refractivity contribution in [2.45, 2.75) is 65.8 Å². The molecule has 0 fully saturated rings. The molecule has 0 unspecified atom stereocenters. The molecule has 146 valence electrons. The number of hydrogen-bond acceptors (Lipinski definition) is 4. The molecule has 0 heterocycles. The van der Waals surface area contributed by atoms with Crippen LogP contribution in [0.15, 0.2) is 24.3 Å². The SMILES string of the molecule is CN(Cc1ccccc1CN(C)C(=O)OC(C)(C)C)C(=O)OC(C)(C)C. The molecule has 0 radical (unpaired) electrons. The number of nitrogens with zero attached hydrogens (tertiary/aromatic N) is 2. The maximum atomic E-state index is 12.2. The second kappa shape index (κ2) is 8.43. The molecule has 1 aromatic rings. The summed E-state index contributed by atoms with van der Waals surface area (Å²) in [5, 5.41) is 0. The van der Waals surface area contributed by atoms with E-state index in [2.05, 4.69) is 0 Å². The van der Waals surface area contributed by atoms with Crippen molar-refractivity contribution in [3.8, 4) is 0 Å². The largest absolute Gasteiger partial charge is 0.444 e. The van der Waals surface area contributed by atoms with Crippen LogP contribution in [0.5, 0.6) is 0 Å². The van der Waals surface area contributed by atoms with Crippen LogP contribution in [0, 0.1) is 0 Å². The Kier molecular flexibility index (Phi) is 7.07. The van der Waals surface area contributed by atoms with E-state index in [4.69, 9.17) is 9.47 Å². The third-order valence-electron chi connectivity index (χ3n) is 3.34. The van der Waals surface area contributed by atoms with Crippen molar-refractivity contribution < 1.29 is 19.1 Å². The standard InChI is InChI=1S/C20H32N2O4/c1-19(2,3)25-17(23)21(7)13-15-11-9-10-12-16(15)14-22(8)18(24)26-20(4,5)6/h9-12H,13-14H2,1-8H3. The lowest BCUT2D eigenvalue weighted by Gasteiger charge is -2.27. The third kappa shape index (κ3) is 7.76. The highest BCUT2D eigenvalue weighted by atomic mass is 16.6. The van der Waals surface area contributed by atoms with E-state index < -0.39 is 11.2 Å². The van der Waals surface area contributed by atoms with E-state index in [0.717, 1.165) is 11.1 Å². The van der Waals surface area contributed by atoms with Crippen molar-refractivity contribution in [3.63, 3.8) is 0 Å². The number of ether oxygens (including phenoxy) is 2. The fourth-order valence-corrected chi connectivity index (χ4v) is 2.19. The molecule has 0 saturated heterocycles. The monoisotopic (exact) mass is 364 g/mol. The van der Waals surface area contributed by atoms with Gasteiger partial charge in [-0.15, -0.1) is 0 Å². The lowest BCUT2D eigenvalue weighted by Crippen LogP contribution is -2.35. The summed E-state index contributed by atoms with van der Waals surface area (Å²) in [6.07, 6.45) is -0.763. The lowest BCUT2D eigenvalue weighted by atomic mass is 10.1. The van der Waals surface area contributed by atoms with Crippen LogP contribution in [0.2, 0.25) is 0 Å². The summed E-state index contributed by atoms with van der Waals surface area (Å²) in [6, 6.07) is 7.71. The van der Waals surface area contributed by atoms with E-state index >= 15 is 0 Å². The Balaban J connectivity index is 2.81. The fraction of sp³-hybridized carbons (Fsp3) is 0.600. The van der Waals surface area contributed by atoms with Gasteiger partial charge in [-0.1, -0.05) is 24.3 Å². The maximum absolute atomic E-state index is 12.2. The first kappa shape index (κ1) is 21.8. The molecule has 0 N–H and O–H groups in total. The van der Waals surface area contributed by atoms with Crippen molar-refractivity contribution in [3.05, 3.63) is 35.4 Å². The molecule has 0 aliphatic heterocycles. The lowest BCUT2D eigenvalue weighted by molar-refractivity contribution is 0.0264. The zero-order valence-electron chi connectivity index (χ0n) is 17.3. The Morgan fingerprint density at radius 1 is 0.769 bits per heavy atom. The van der Waals surface area contributed by atoms with Crippen molar-refractivity contribution >= 4 is 12.2 Å². The molecule has 1 rings (SSSR count). The molecule has 0 atom stereocenters. The summed E-state index contributed by atoms with van der Waals surface area (Å²) in [5.41, 5.74) is 0.830. The maximum Gasteiger partial charge on any atom is 0.410 e. The van der Waals surface area contributed by atoms with Gasteiger partial charge >= 0.3 is 12.2 Å². The Bertz CT molecular complexity index is 574. The van der Waals surface area contributed by atoms with E-state index in [1.807, 2.05) is 65.8 Å². The van der Waals surface area contributed by atoms with Crippen LogP contribution in [-0.2, 0) is 22.6 Å². The van der Waals surface area contributed by atoms with Crippen LogP contribution < -0.4 is 0 Å². The van der Waals surface area contributed by atoms with Gasteiger partial charge in [-0.25, -0.2) is 9.59 Å². The quantitative estimate of drug-likeness (QED) is 0.793. The van der Waals surface area contributed by atoms with Crippen molar-refractivity contribution in [1.82, 2.24) is 9.80 Å². The number of rotatable bonds is 4. The first-order valence-corrected chi connectivity index (χ1v) is 8.73. The number of amides is 2. The predicted octanol–water partition coefficient (Wildman–Crippen LogP) is 4.42. The van der Waals surface area contributed by atoms with E-state index in [1.54, 1.807) is 14.1 Å². The first-order chi connectivity index (χ1) is 11.8. The second-order valence-electron chi connectivity index (χ2n) is 8.44. The molecule has 0 aromatic heterocycles. The Labute approximate surface area is 157 Å². The molecule has 2 amide bonds. The second-order valence-corrected chi connectivity index (χ2v) is 8.44. The minimum atomic E-state index is -0.540. The molecule has 0 saturated carbocycles. The van der Waals surface area contributed by atoms with Gasteiger partial charge in [0.2, 0.25) is 0 Å². The van der Waals surface area contributed by atoms with Crippen molar-refractivity contribution in [2.24, 2.45) is 0 Å². The van der Waals surface area contributed by atoms with Gasteiger partial charge < -0.3 is 19.3 Å². The van der Waals surface area contributed by atoms with E-state index in [1.165, 1.54) is 9.80 Å². The van der Waals surface area contributed by atoms with E-state index in [0.29, 0.717) is 13.1 Å². The van der Waals surface area contributed by atoms with Gasteiger partial charge in [0.15, 0.2) is 0 Å². The van der Waals surface area contributed by atoms with Crippen LogP contribution in [0.4, 0.5) is 9.59 Å². The van der Waals surface area contributed by atoms with Gasteiger partial charge in [-0.05, 0) is 52.7 Å². The summed E-state index contributed by atoms with van der Waals surface area (Å²) in [7, 11) is 3.39. The van der Waals surface area contributed by atoms with Gasteiger partial charge in [-0.2, -0.15) is 0 Å². The Morgan fingerprint density at radius 3 is 1.35 bits per heavy atom. The van der Waals surface area contributed by atoms with Crippen LogP contribution in [0.3, 0.4) is 0 Å². The van der Waals surface area contributed by atoms with Crippen LogP contribution >= 0.6 is 0 Å².